The second-order valence-electron chi connectivity index (χ2n) is 5.31. The van der Waals surface area contributed by atoms with Crippen LogP contribution >= 0.6 is 11.3 Å². The first-order chi connectivity index (χ1) is 13.8. The Morgan fingerprint density at radius 3 is 2.10 bits per heavy atom. The summed E-state index contributed by atoms with van der Waals surface area (Å²) in [4.78, 5) is 15.6. The normalized spacial score (nSPS) is 10.4. The Bertz CT molecular complexity index is 810. The fourth-order valence-electron chi connectivity index (χ4n) is 1.47. The Balaban J connectivity index is 0. The molecule has 2 heterocycles. The Kier molecular flexibility index (Phi) is 17.2. The fourth-order valence-corrected chi connectivity index (χ4v) is 2.45. The van der Waals surface area contributed by atoms with Crippen LogP contribution in [0.15, 0.2) is 42.7 Å². The minimum absolute atomic E-state index is 0.190. The molecule has 6 nitrogen and oxygen atoms in total. The number of H-pyrrole nitrogens is 1. The minimum Gasteiger partial charge on any atom is -0.502 e. The van der Waals surface area contributed by atoms with Gasteiger partial charge in [-0.15, -0.1) is 0 Å². The predicted octanol–water partition coefficient (Wildman–Crippen LogP) is 6.73. The maximum absolute atomic E-state index is 11.4. The number of anilines is 1. The molecule has 2 N–H and O–H groups in total. The van der Waals surface area contributed by atoms with E-state index in [1.165, 1.54) is 17.4 Å². The highest BCUT2D eigenvalue weighted by Crippen LogP contribution is 2.30. The zero-order valence-electron chi connectivity index (χ0n) is 19.2. The largest absolute Gasteiger partial charge is 0.502 e. The van der Waals surface area contributed by atoms with Crippen LogP contribution in [-0.2, 0) is 9.53 Å². The molecule has 0 fully saturated rings. The second-order valence-corrected chi connectivity index (χ2v) is 6.31. The van der Waals surface area contributed by atoms with E-state index < -0.39 is 0 Å². The molecular weight excluding hydrogens is 384 g/mol. The number of aromatic nitrogens is 3. The Hall–Kier alpha value is -2.67. The number of rotatable bonds is 4. The van der Waals surface area contributed by atoms with Crippen molar-refractivity contribution in [3.8, 4) is 0 Å². The third-order valence-corrected chi connectivity index (χ3v) is 4.12. The van der Waals surface area contributed by atoms with Gasteiger partial charge in [0.15, 0.2) is 10.8 Å². The number of carbonyl (C=O) groups excluding carboxylic acids is 1. The number of methoxy groups -OCH3 is 1. The summed E-state index contributed by atoms with van der Waals surface area (Å²) in [6.45, 7) is 19.4. The fraction of sp³-hybridized carbons (Fsp3) is 0.409. The van der Waals surface area contributed by atoms with Crippen LogP contribution in [0, 0.1) is 0 Å². The lowest BCUT2D eigenvalue weighted by Gasteiger charge is -1.94. The SMILES string of the molecule is C/C=C(\C)OC.C/C=C\C.C=C(C)c1[nH]nc2nc(NC(=O)/C=C/C)sc12.CC. The van der Waals surface area contributed by atoms with E-state index in [1.807, 2.05) is 66.7 Å². The second kappa shape index (κ2) is 17.4. The number of hydrogen-bond acceptors (Lipinski definition) is 5. The predicted molar refractivity (Wildman–Crippen MR) is 128 cm³/mol. The van der Waals surface area contributed by atoms with Crippen molar-refractivity contribution >= 4 is 38.3 Å². The van der Waals surface area contributed by atoms with Gasteiger partial charge in [0, 0.05) is 0 Å². The molecule has 1 amide bonds. The lowest BCUT2D eigenvalue weighted by atomic mass is 10.2. The molecule has 0 aliphatic heterocycles. The molecule has 2 aromatic heterocycles. The molecule has 0 aliphatic carbocycles. The van der Waals surface area contributed by atoms with Gasteiger partial charge in [-0.1, -0.05) is 56.1 Å². The van der Waals surface area contributed by atoms with Crippen molar-refractivity contribution in [2.45, 2.75) is 55.4 Å². The molecule has 0 unspecified atom stereocenters. The van der Waals surface area contributed by atoms with Gasteiger partial charge in [0.2, 0.25) is 5.91 Å². The highest BCUT2D eigenvalue weighted by atomic mass is 32.1. The molecule has 0 spiro atoms. The van der Waals surface area contributed by atoms with E-state index in [0.29, 0.717) is 10.8 Å². The number of allylic oxidation sites excluding steroid dienone is 6. The standard InChI is InChI=1S/C11H12N4OS.C5H10O.C4H8.C2H6/c1-4-5-7(16)12-11-13-10-9(17-11)8(6(2)3)14-15-10;1-4-5(2)6-3;1-3-4-2;1-2/h4-5H,2H2,1,3H3,(H2,12,13,14,15,16);4H,1-3H3;3-4H,1-2H3;1-2H3/b2*5-4+;4-3-;. The highest BCUT2D eigenvalue weighted by molar-refractivity contribution is 7.22. The van der Waals surface area contributed by atoms with E-state index in [-0.39, 0.29) is 5.91 Å². The lowest BCUT2D eigenvalue weighted by Crippen LogP contribution is -2.07. The van der Waals surface area contributed by atoms with E-state index >= 15 is 0 Å². The van der Waals surface area contributed by atoms with Crippen LogP contribution in [0.2, 0.25) is 0 Å². The summed E-state index contributed by atoms with van der Waals surface area (Å²) in [7, 11) is 1.66. The molecule has 2 rings (SSSR count). The molecule has 29 heavy (non-hydrogen) atoms. The van der Waals surface area contributed by atoms with Crippen molar-refractivity contribution in [1.29, 1.82) is 0 Å². The van der Waals surface area contributed by atoms with E-state index in [0.717, 1.165) is 21.7 Å². The minimum atomic E-state index is -0.190. The third-order valence-electron chi connectivity index (χ3n) is 3.15. The molecule has 0 saturated heterocycles. The van der Waals surface area contributed by atoms with Gasteiger partial charge in [0.1, 0.15) is 4.70 Å². The molecule has 0 atom stereocenters. The van der Waals surface area contributed by atoms with E-state index in [9.17, 15) is 4.79 Å². The van der Waals surface area contributed by atoms with E-state index in [2.05, 4.69) is 27.1 Å². The van der Waals surface area contributed by atoms with Crippen molar-refractivity contribution in [2.24, 2.45) is 0 Å². The maximum atomic E-state index is 11.4. The van der Waals surface area contributed by atoms with Crippen molar-refractivity contribution in [3.63, 3.8) is 0 Å². The van der Waals surface area contributed by atoms with Crippen LogP contribution in [-0.4, -0.2) is 28.2 Å². The number of nitrogens with zero attached hydrogens (tertiary/aromatic N) is 2. The van der Waals surface area contributed by atoms with Gasteiger partial charge in [-0.2, -0.15) is 10.1 Å². The summed E-state index contributed by atoms with van der Waals surface area (Å²) < 4.78 is 5.67. The smallest absolute Gasteiger partial charge is 0.249 e. The molecule has 162 valence electrons. The van der Waals surface area contributed by atoms with Crippen LogP contribution in [0.4, 0.5) is 5.13 Å². The van der Waals surface area contributed by atoms with Gasteiger partial charge in [-0.3, -0.25) is 15.2 Å². The quantitative estimate of drug-likeness (QED) is 0.326. The maximum Gasteiger partial charge on any atom is 0.249 e. The monoisotopic (exact) mass is 420 g/mol. The number of carbonyl (C=O) groups is 1. The average molecular weight is 421 g/mol. The number of hydrogen-bond donors (Lipinski definition) is 2. The van der Waals surface area contributed by atoms with Gasteiger partial charge in [-0.25, -0.2) is 0 Å². The molecule has 2 aromatic rings. The molecule has 7 heteroatoms. The van der Waals surface area contributed by atoms with E-state index in [1.54, 1.807) is 20.1 Å². The summed E-state index contributed by atoms with van der Waals surface area (Å²) in [6, 6.07) is 0. The summed E-state index contributed by atoms with van der Waals surface area (Å²) in [5.41, 5.74) is 2.36. The summed E-state index contributed by atoms with van der Waals surface area (Å²) in [5.74, 6) is 0.778. The lowest BCUT2D eigenvalue weighted by molar-refractivity contribution is -0.111. The Labute approximate surface area is 179 Å². The van der Waals surface area contributed by atoms with Gasteiger partial charge < -0.3 is 4.74 Å². The Morgan fingerprint density at radius 1 is 1.14 bits per heavy atom. The number of fused-ring (bicyclic) bond motifs is 1. The summed E-state index contributed by atoms with van der Waals surface area (Å²) in [5, 5.41) is 10.2. The highest BCUT2D eigenvalue weighted by Gasteiger charge is 2.12. The number of aromatic amines is 1. The van der Waals surface area contributed by atoms with Gasteiger partial charge >= 0.3 is 0 Å². The molecular formula is C22H36N4O2S. The Morgan fingerprint density at radius 2 is 1.72 bits per heavy atom. The van der Waals surface area contributed by atoms with Crippen molar-refractivity contribution in [3.05, 3.63) is 48.4 Å². The van der Waals surface area contributed by atoms with Crippen LogP contribution < -0.4 is 5.32 Å². The van der Waals surface area contributed by atoms with Crippen LogP contribution in [0.1, 0.15) is 61.1 Å². The number of nitrogens with one attached hydrogen (secondary N) is 2. The number of ether oxygens (including phenoxy) is 1. The van der Waals surface area contributed by atoms with Crippen LogP contribution in [0.3, 0.4) is 0 Å². The van der Waals surface area contributed by atoms with Crippen LogP contribution in [0.5, 0.6) is 0 Å². The van der Waals surface area contributed by atoms with Gasteiger partial charge in [-0.05, 0) is 53.2 Å². The molecule has 0 radical (unpaired) electrons. The van der Waals surface area contributed by atoms with Gasteiger partial charge in [0.05, 0.1) is 18.6 Å². The molecule has 0 bridgehead atoms. The summed E-state index contributed by atoms with van der Waals surface area (Å²) in [6.07, 6.45) is 9.04. The van der Waals surface area contributed by atoms with Crippen molar-refractivity contribution in [1.82, 2.24) is 15.2 Å². The molecule has 0 aromatic carbocycles. The average Bonchev–Trinajstić information content (AvgIpc) is 3.29. The third kappa shape index (κ3) is 11.7. The van der Waals surface area contributed by atoms with Crippen LogP contribution in [0.25, 0.3) is 15.9 Å². The topological polar surface area (TPSA) is 79.9 Å². The summed E-state index contributed by atoms with van der Waals surface area (Å²) >= 11 is 1.38. The molecule has 0 saturated carbocycles. The van der Waals surface area contributed by atoms with Gasteiger partial charge in [0.25, 0.3) is 0 Å². The zero-order valence-corrected chi connectivity index (χ0v) is 20.0. The van der Waals surface area contributed by atoms with Crippen molar-refractivity contribution < 1.29 is 9.53 Å². The van der Waals surface area contributed by atoms with E-state index in [4.69, 9.17) is 4.74 Å². The first kappa shape index (κ1) is 28.5. The number of amides is 1. The zero-order chi connectivity index (χ0) is 22.8. The first-order valence-electron chi connectivity index (χ1n) is 9.53. The molecule has 0 aliphatic rings. The van der Waals surface area contributed by atoms with Crippen molar-refractivity contribution in [2.75, 3.05) is 12.4 Å². The number of thiazole rings is 1. The first-order valence-corrected chi connectivity index (χ1v) is 10.3.